The molecule has 0 aliphatic carbocycles. The molecule has 3 rings (SSSR count). The van der Waals surface area contributed by atoms with Crippen LogP contribution in [0.3, 0.4) is 0 Å². The summed E-state index contributed by atoms with van der Waals surface area (Å²) in [6.45, 7) is 2.02. The number of rotatable bonds is 7. The number of nitrogens with one attached hydrogen (secondary N) is 1. The Bertz CT molecular complexity index is 1040. The molecule has 0 atom stereocenters. The predicted molar refractivity (Wildman–Crippen MR) is 115 cm³/mol. The summed E-state index contributed by atoms with van der Waals surface area (Å²) in [6, 6.07) is 17.5. The molecule has 1 N–H and O–H groups in total. The molecule has 3 aromatic rings. The first-order chi connectivity index (χ1) is 14.0. The minimum absolute atomic E-state index is 0.127. The lowest BCUT2D eigenvalue weighted by Crippen LogP contribution is -2.05. The zero-order chi connectivity index (χ0) is 20.8. The predicted octanol–water partition coefficient (Wildman–Crippen LogP) is 6.74. The highest BCUT2D eigenvalue weighted by Gasteiger charge is 2.15. The van der Waals surface area contributed by atoms with Gasteiger partial charge in [-0.05, 0) is 66.5 Å². The number of carbonyl (C=O) groups excluding carboxylic acids is 1. The number of nitrogens with zero attached hydrogens (tertiary/aromatic N) is 1. The second-order valence-electron chi connectivity index (χ2n) is 6.02. The van der Waals surface area contributed by atoms with Gasteiger partial charge in [0, 0.05) is 11.0 Å². The highest BCUT2D eigenvalue weighted by molar-refractivity contribution is 8.00. The fraction of sp³-hybridized carbons (Fsp3) is 0.0952. The number of benzene rings is 3. The third-order valence-corrected chi connectivity index (χ3v) is 5.08. The Kier molecular flexibility index (Phi) is 6.74. The number of hydrogen-bond acceptors (Lipinski definition) is 7. The van der Waals surface area contributed by atoms with Crippen LogP contribution < -0.4 is 9.46 Å². The first-order valence-electron chi connectivity index (χ1n) is 8.53. The number of methoxy groups -OCH3 is 1. The third-order valence-electron chi connectivity index (χ3n) is 3.95. The zero-order valence-corrected chi connectivity index (χ0v) is 17.2. The SMILES string of the molecule is COC(=O)c1cc(Oc2ccc(N=O)c(Cl)c2)ccc1NSc1ccc(C)cc1. The quantitative estimate of drug-likeness (QED) is 0.255. The average molecular weight is 429 g/mol. The van der Waals surface area contributed by atoms with E-state index in [1.165, 1.54) is 36.8 Å². The molecule has 0 aliphatic rings. The summed E-state index contributed by atoms with van der Waals surface area (Å²) in [5.41, 5.74) is 2.21. The first kappa shape index (κ1) is 20.7. The lowest BCUT2D eigenvalue weighted by molar-refractivity contribution is 0.0601. The minimum Gasteiger partial charge on any atom is -0.465 e. The van der Waals surface area contributed by atoms with Crippen molar-refractivity contribution in [2.45, 2.75) is 11.8 Å². The zero-order valence-electron chi connectivity index (χ0n) is 15.6. The molecule has 0 bridgehead atoms. The van der Waals surface area contributed by atoms with Crippen molar-refractivity contribution in [3.63, 3.8) is 0 Å². The normalized spacial score (nSPS) is 10.3. The molecule has 6 nitrogen and oxygen atoms in total. The molecule has 0 aliphatic heterocycles. The Hall–Kier alpha value is -3.03. The fourth-order valence-corrected chi connectivity index (χ4v) is 3.32. The van der Waals surface area contributed by atoms with Gasteiger partial charge in [-0.15, -0.1) is 4.91 Å². The van der Waals surface area contributed by atoms with Crippen LogP contribution in [0.2, 0.25) is 5.02 Å². The van der Waals surface area contributed by atoms with E-state index in [9.17, 15) is 9.70 Å². The molecule has 0 fully saturated rings. The van der Waals surface area contributed by atoms with Crippen LogP contribution in [0.1, 0.15) is 15.9 Å². The van der Waals surface area contributed by atoms with E-state index in [0.29, 0.717) is 22.7 Å². The van der Waals surface area contributed by atoms with Crippen molar-refractivity contribution in [3.8, 4) is 11.5 Å². The summed E-state index contributed by atoms with van der Waals surface area (Å²) in [7, 11) is 1.32. The number of nitroso groups, excluding NO2 is 1. The summed E-state index contributed by atoms with van der Waals surface area (Å²) >= 11 is 7.36. The first-order valence-corrected chi connectivity index (χ1v) is 9.72. The van der Waals surface area contributed by atoms with Gasteiger partial charge in [0.1, 0.15) is 17.2 Å². The lowest BCUT2D eigenvalue weighted by Gasteiger charge is -2.13. The molecule has 0 amide bonds. The number of anilines is 1. The molecular weight excluding hydrogens is 412 g/mol. The maximum Gasteiger partial charge on any atom is 0.340 e. The Morgan fingerprint density at radius 3 is 2.38 bits per heavy atom. The van der Waals surface area contributed by atoms with Crippen molar-refractivity contribution in [1.29, 1.82) is 0 Å². The Labute approximate surface area is 177 Å². The van der Waals surface area contributed by atoms with Crippen molar-refractivity contribution in [2.75, 3.05) is 11.8 Å². The smallest absolute Gasteiger partial charge is 0.340 e. The van der Waals surface area contributed by atoms with Crippen molar-refractivity contribution in [3.05, 3.63) is 81.7 Å². The Morgan fingerprint density at radius 1 is 1.03 bits per heavy atom. The van der Waals surface area contributed by atoms with Gasteiger partial charge >= 0.3 is 5.97 Å². The van der Waals surface area contributed by atoms with Gasteiger partial charge in [0.2, 0.25) is 0 Å². The number of hydrogen-bond donors (Lipinski definition) is 1. The number of aryl methyl sites for hydroxylation is 1. The van der Waals surface area contributed by atoms with Gasteiger partial charge in [0.25, 0.3) is 0 Å². The van der Waals surface area contributed by atoms with E-state index < -0.39 is 5.97 Å². The van der Waals surface area contributed by atoms with Gasteiger partial charge in [-0.3, -0.25) is 0 Å². The van der Waals surface area contributed by atoms with Gasteiger partial charge < -0.3 is 14.2 Å². The number of ether oxygens (including phenoxy) is 2. The number of carbonyl (C=O) groups is 1. The molecular formula is C21H17ClN2O4S. The molecule has 0 heterocycles. The molecule has 29 heavy (non-hydrogen) atoms. The van der Waals surface area contributed by atoms with Crippen LogP contribution in [0, 0.1) is 11.8 Å². The van der Waals surface area contributed by atoms with Gasteiger partial charge in [-0.25, -0.2) is 4.79 Å². The number of esters is 1. The van der Waals surface area contributed by atoms with E-state index >= 15 is 0 Å². The van der Waals surface area contributed by atoms with E-state index in [-0.39, 0.29) is 10.7 Å². The molecule has 0 radical (unpaired) electrons. The maximum atomic E-state index is 12.2. The van der Waals surface area contributed by atoms with Crippen molar-refractivity contribution in [2.24, 2.45) is 5.18 Å². The van der Waals surface area contributed by atoms with E-state index in [0.717, 1.165) is 4.90 Å². The maximum absolute atomic E-state index is 12.2. The summed E-state index contributed by atoms with van der Waals surface area (Å²) < 4.78 is 13.8. The monoisotopic (exact) mass is 428 g/mol. The van der Waals surface area contributed by atoms with Gasteiger partial charge in [0.05, 0.1) is 23.4 Å². The highest BCUT2D eigenvalue weighted by Crippen LogP contribution is 2.33. The van der Waals surface area contributed by atoms with Crippen LogP contribution >= 0.6 is 23.5 Å². The van der Waals surface area contributed by atoms with Gasteiger partial charge in [-0.1, -0.05) is 29.3 Å². The number of halogens is 1. The van der Waals surface area contributed by atoms with Crippen LogP contribution in [0.25, 0.3) is 0 Å². The summed E-state index contributed by atoms with van der Waals surface area (Å²) in [5.74, 6) is 0.327. The summed E-state index contributed by atoms with van der Waals surface area (Å²) in [6.07, 6.45) is 0. The molecule has 0 saturated heterocycles. The van der Waals surface area contributed by atoms with E-state index in [2.05, 4.69) is 9.90 Å². The molecule has 0 spiro atoms. The molecule has 0 saturated carbocycles. The molecule has 148 valence electrons. The van der Waals surface area contributed by atoms with Crippen molar-refractivity contribution in [1.82, 2.24) is 0 Å². The van der Waals surface area contributed by atoms with Crippen LogP contribution in [-0.2, 0) is 4.74 Å². The second-order valence-corrected chi connectivity index (χ2v) is 7.31. The summed E-state index contributed by atoms with van der Waals surface area (Å²) in [5, 5.41) is 3.00. The Morgan fingerprint density at radius 2 is 1.72 bits per heavy atom. The van der Waals surface area contributed by atoms with Crippen LogP contribution in [0.4, 0.5) is 11.4 Å². The molecule has 3 aromatic carbocycles. The van der Waals surface area contributed by atoms with Crippen LogP contribution in [0.5, 0.6) is 11.5 Å². The second kappa shape index (κ2) is 9.45. The molecule has 0 unspecified atom stereocenters. The van der Waals surface area contributed by atoms with Crippen molar-refractivity contribution < 1.29 is 14.3 Å². The topological polar surface area (TPSA) is 77.0 Å². The van der Waals surface area contributed by atoms with Crippen LogP contribution in [0.15, 0.2) is 70.7 Å². The average Bonchev–Trinajstić information content (AvgIpc) is 2.73. The lowest BCUT2D eigenvalue weighted by atomic mass is 10.1. The molecule has 8 heteroatoms. The third kappa shape index (κ3) is 5.28. The van der Waals surface area contributed by atoms with Gasteiger partial charge in [-0.2, -0.15) is 0 Å². The van der Waals surface area contributed by atoms with Crippen molar-refractivity contribution >= 4 is 40.9 Å². The van der Waals surface area contributed by atoms with Gasteiger partial charge in [0.15, 0.2) is 0 Å². The van der Waals surface area contributed by atoms with E-state index in [1.54, 1.807) is 24.3 Å². The van der Waals surface area contributed by atoms with E-state index in [1.807, 2.05) is 31.2 Å². The minimum atomic E-state index is -0.499. The fourth-order valence-electron chi connectivity index (χ4n) is 2.44. The van der Waals surface area contributed by atoms with E-state index in [4.69, 9.17) is 21.1 Å². The molecule has 0 aromatic heterocycles. The largest absolute Gasteiger partial charge is 0.465 e. The summed E-state index contributed by atoms with van der Waals surface area (Å²) in [4.78, 5) is 23.9. The highest BCUT2D eigenvalue weighted by atomic mass is 35.5. The standard InChI is InChI=1S/C21H17ClN2O4S/c1-13-3-7-16(8-4-13)29-24-19-9-5-14(11-17(19)21(25)27-2)28-15-6-10-20(23-26)18(22)12-15/h3-12,24H,1-2H3. The van der Waals surface area contributed by atoms with Crippen LogP contribution in [-0.4, -0.2) is 13.1 Å². The Balaban J connectivity index is 1.81.